The minimum atomic E-state index is -1.47. The molecule has 70 valence electrons. The zero-order chi connectivity index (χ0) is 10.2. The van der Waals surface area contributed by atoms with E-state index in [0.717, 1.165) is 0 Å². The molecule has 1 rings (SSSR count). The quantitative estimate of drug-likeness (QED) is 0.591. The van der Waals surface area contributed by atoms with Crippen molar-refractivity contribution < 1.29 is 18.7 Å². The molecular weight excluding hydrogens is 225 g/mol. The first-order valence-corrected chi connectivity index (χ1v) is 3.77. The maximum Gasteiger partial charge on any atom is 0.337 e. The van der Waals surface area contributed by atoms with Crippen LogP contribution >= 0.6 is 23.2 Å². The van der Waals surface area contributed by atoms with Crippen LogP contribution in [0.4, 0.5) is 8.78 Å². The molecule has 0 heterocycles. The summed E-state index contributed by atoms with van der Waals surface area (Å²) in [6.07, 6.45) is 0. The maximum atomic E-state index is 12.7. The SMILES string of the molecule is O=C(O)c1cc(F)c(F)c(Cl)c1Cl. The average Bonchev–Trinajstić information content (AvgIpc) is 2.07. The van der Waals surface area contributed by atoms with Gasteiger partial charge in [-0.2, -0.15) is 0 Å². The van der Waals surface area contributed by atoms with E-state index in [2.05, 4.69) is 0 Å². The molecule has 0 unspecified atom stereocenters. The topological polar surface area (TPSA) is 37.3 Å². The fraction of sp³-hybridized carbons (Fsp3) is 0. The van der Waals surface area contributed by atoms with E-state index in [0.29, 0.717) is 6.07 Å². The van der Waals surface area contributed by atoms with Crippen molar-refractivity contribution in [3.63, 3.8) is 0 Å². The molecule has 2 nitrogen and oxygen atoms in total. The third kappa shape index (κ3) is 1.73. The van der Waals surface area contributed by atoms with Crippen molar-refractivity contribution in [2.24, 2.45) is 0 Å². The van der Waals surface area contributed by atoms with Gasteiger partial charge >= 0.3 is 5.97 Å². The van der Waals surface area contributed by atoms with Crippen molar-refractivity contribution in [2.75, 3.05) is 0 Å². The van der Waals surface area contributed by atoms with Crippen LogP contribution in [0.3, 0.4) is 0 Å². The fourth-order valence-corrected chi connectivity index (χ4v) is 1.14. The molecule has 0 radical (unpaired) electrons. The van der Waals surface area contributed by atoms with Crippen molar-refractivity contribution in [2.45, 2.75) is 0 Å². The second-order valence-corrected chi connectivity index (χ2v) is 2.91. The number of rotatable bonds is 1. The van der Waals surface area contributed by atoms with Gasteiger partial charge in [-0.15, -0.1) is 0 Å². The van der Waals surface area contributed by atoms with Crippen LogP contribution in [0.25, 0.3) is 0 Å². The molecule has 0 atom stereocenters. The Hall–Kier alpha value is -0.870. The Labute approximate surface area is 81.7 Å². The maximum absolute atomic E-state index is 12.7. The summed E-state index contributed by atoms with van der Waals surface area (Å²) in [4.78, 5) is 10.4. The van der Waals surface area contributed by atoms with Crippen LogP contribution in [0.2, 0.25) is 10.0 Å². The summed E-state index contributed by atoms with van der Waals surface area (Å²) in [5, 5.41) is 7.24. The van der Waals surface area contributed by atoms with E-state index in [1.54, 1.807) is 0 Å². The van der Waals surface area contributed by atoms with E-state index < -0.39 is 33.2 Å². The van der Waals surface area contributed by atoms with Crippen molar-refractivity contribution in [1.82, 2.24) is 0 Å². The predicted molar refractivity (Wildman–Crippen MR) is 43.3 cm³/mol. The molecule has 0 bridgehead atoms. The van der Waals surface area contributed by atoms with E-state index in [4.69, 9.17) is 28.3 Å². The van der Waals surface area contributed by atoms with Gasteiger partial charge < -0.3 is 5.11 Å². The Bertz CT molecular complexity index is 379. The molecule has 0 saturated carbocycles. The Morgan fingerprint density at radius 2 is 1.85 bits per heavy atom. The van der Waals surface area contributed by atoms with Crippen LogP contribution in [-0.2, 0) is 0 Å². The van der Waals surface area contributed by atoms with Gasteiger partial charge in [0.05, 0.1) is 15.6 Å². The molecule has 0 amide bonds. The van der Waals surface area contributed by atoms with Gasteiger partial charge in [-0.05, 0) is 6.07 Å². The molecule has 0 aliphatic carbocycles. The molecule has 1 aromatic carbocycles. The lowest BCUT2D eigenvalue weighted by molar-refractivity contribution is 0.0696. The number of carboxylic acids is 1. The normalized spacial score (nSPS) is 10.2. The van der Waals surface area contributed by atoms with Gasteiger partial charge in [0.2, 0.25) is 0 Å². The monoisotopic (exact) mass is 226 g/mol. The minimum absolute atomic E-state index is 0.478. The van der Waals surface area contributed by atoms with Crippen LogP contribution in [0.5, 0.6) is 0 Å². The summed E-state index contributed by atoms with van der Waals surface area (Å²) >= 11 is 10.6. The van der Waals surface area contributed by atoms with Crippen LogP contribution in [0.15, 0.2) is 6.07 Å². The van der Waals surface area contributed by atoms with E-state index in [9.17, 15) is 13.6 Å². The van der Waals surface area contributed by atoms with E-state index in [1.807, 2.05) is 0 Å². The molecule has 0 aromatic heterocycles. The number of benzene rings is 1. The molecule has 0 spiro atoms. The first-order chi connectivity index (χ1) is 5.95. The Morgan fingerprint density at radius 1 is 1.31 bits per heavy atom. The van der Waals surface area contributed by atoms with Gasteiger partial charge in [0.25, 0.3) is 0 Å². The molecular formula is C7H2Cl2F2O2. The van der Waals surface area contributed by atoms with E-state index >= 15 is 0 Å². The number of carboxylic acid groups (broad SMARTS) is 1. The van der Waals surface area contributed by atoms with Gasteiger partial charge in [-0.1, -0.05) is 23.2 Å². The van der Waals surface area contributed by atoms with Crippen LogP contribution in [0, 0.1) is 11.6 Å². The summed E-state index contributed by atoms with van der Waals surface area (Å²) < 4.78 is 25.2. The van der Waals surface area contributed by atoms with Gasteiger partial charge in [0.15, 0.2) is 11.6 Å². The predicted octanol–water partition coefficient (Wildman–Crippen LogP) is 2.97. The lowest BCUT2D eigenvalue weighted by Crippen LogP contribution is -2.01. The molecule has 0 aliphatic heterocycles. The lowest BCUT2D eigenvalue weighted by atomic mass is 10.2. The third-order valence-corrected chi connectivity index (χ3v) is 2.18. The fourth-order valence-electron chi connectivity index (χ4n) is 0.728. The number of hydrogen-bond acceptors (Lipinski definition) is 1. The van der Waals surface area contributed by atoms with Crippen molar-refractivity contribution in [3.8, 4) is 0 Å². The zero-order valence-corrected chi connectivity index (χ0v) is 7.46. The highest BCUT2D eigenvalue weighted by Gasteiger charge is 2.19. The molecule has 0 aliphatic rings. The molecule has 1 aromatic rings. The molecule has 0 fully saturated rings. The summed E-state index contributed by atoms with van der Waals surface area (Å²) in [7, 11) is 0. The van der Waals surface area contributed by atoms with Crippen molar-refractivity contribution in [1.29, 1.82) is 0 Å². The Morgan fingerprint density at radius 3 is 2.31 bits per heavy atom. The summed E-state index contributed by atoms with van der Waals surface area (Å²) in [5.74, 6) is -4.16. The van der Waals surface area contributed by atoms with Crippen LogP contribution in [0.1, 0.15) is 10.4 Å². The third-order valence-electron chi connectivity index (χ3n) is 1.33. The number of carbonyl (C=O) groups is 1. The highest BCUT2D eigenvalue weighted by Crippen LogP contribution is 2.30. The van der Waals surface area contributed by atoms with Gasteiger partial charge in [0, 0.05) is 0 Å². The standard InChI is InChI=1S/C7H2Cl2F2O2/c8-4-2(7(12)13)1-3(10)6(11)5(4)9/h1H,(H,12,13). The van der Waals surface area contributed by atoms with Crippen molar-refractivity contribution in [3.05, 3.63) is 33.3 Å². The number of aromatic carboxylic acids is 1. The Kier molecular flexibility index (Phi) is 2.73. The highest BCUT2D eigenvalue weighted by atomic mass is 35.5. The largest absolute Gasteiger partial charge is 0.478 e. The van der Waals surface area contributed by atoms with Crippen LogP contribution in [-0.4, -0.2) is 11.1 Å². The smallest absolute Gasteiger partial charge is 0.337 e. The molecule has 1 N–H and O–H groups in total. The van der Waals surface area contributed by atoms with Gasteiger partial charge in [-0.3, -0.25) is 0 Å². The summed E-state index contributed by atoms with van der Waals surface area (Å²) in [6, 6.07) is 0.478. The average molecular weight is 227 g/mol. The lowest BCUT2D eigenvalue weighted by Gasteiger charge is -2.02. The Balaban J connectivity index is 3.50. The van der Waals surface area contributed by atoms with E-state index in [-0.39, 0.29) is 0 Å². The minimum Gasteiger partial charge on any atom is -0.478 e. The molecule has 13 heavy (non-hydrogen) atoms. The van der Waals surface area contributed by atoms with Crippen LogP contribution < -0.4 is 0 Å². The van der Waals surface area contributed by atoms with Gasteiger partial charge in [0.1, 0.15) is 0 Å². The second-order valence-electron chi connectivity index (χ2n) is 2.15. The molecule has 0 saturated heterocycles. The van der Waals surface area contributed by atoms with Gasteiger partial charge in [-0.25, -0.2) is 13.6 Å². The summed E-state index contributed by atoms with van der Waals surface area (Å²) in [6.45, 7) is 0. The second kappa shape index (κ2) is 3.47. The summed E-state index contributed by atoms with van der Waals surface area (Å²) in [5.41, 5.74) is -0.564. The molecule has 6 heteroatoms. The first kappa shape index (κ1) is 10.2. The van der Waals surface area contributed by atoms with E-state index in [1.165, 1.54) is 0 Å². The van der Waals surface area contributed by atoms with Crippen molar-refractivity contribution >= 4 is 29.2 Å². The first-order valence-electron chi connectivity index (χ1n) is 3.01. The highest BCUT2D eigenvalue weighted by molar-refractivity contribution is 6.43. The number of halogens is 4. The number of hydrogen-bond donors (Lipinski definition) is 1. The zero-order valence-electron chi connectivity index (χ0n) is 5.94.